The first-order valence-electron chi connectivity index (χ1n) is 6.44. The van der Waals surface area contributed by atoms with Gasteiger partial charge in [-0.25, -0.2) is 0 Å². The molecular formula is C15H14Cl2N2O3. The van der Waals surface area contributed by atoms with Gasteiger partial charge >= 0.3 is 0 Å². The summed E-state index contributed by atoms with van der Waals surface area (Å²) in [6.07, 6.45) is 0. The highest BCUT2D eigenvalue weighted by Crippen LogP contribution is 2.29. The van der Waals surface area contributed by atoms with E-state index in [0.717, 1.165) is 0 Å². The van der Waals surface area contributed by atoms with Gasteiger partial charge in [0.1, 0.15) is 5.76 Å². The molecule has 1 aromatic heterocycles. The molecule has 116 valence electrons. The van der Waals surface area contributed by atoms with Crippen molar-refractivity contribution in [2.45, 2.75) is 6.92 Å². The van der Waals surface area contributed by atoms with Gasteiger partial charge in [-0.05, 0) is 31.2 Å². The zero-order chi connectivity index (χ0) is 16.3. The molecule has 0 saturated carbocycles. The molecule has 1 heterocycles. The Balaban J connectivity index is 2.01. The van der Waals surface area contributed by atoms with E-state index < -0.39 is 5.91 Å². The van der Waals surface area contributed by atoms with Crippen molar-refractivity contribution in [1.82, 2.24) is 4.90 Å². The molecule has 2 rings (SSSR count). The average molecular weight is 341 g/mol. The minimum Gasteiger partial charge on any atom is -0.456 e. The summed E-state index contributed by atoms with van der Waals surface area (Å²) in [6, 6.07) is 8.16. The molecule has 5 nitrogen and oxygen atoms in total. The van der Waals surface area contributed by atoms with E-state index in [9.17, 15) is 9.59 Å². The molecule has 2 amide bonds. The number of nitrogens with zero attached hydrogens (tertiary/aromatic N) is 1. The van der Waals surface area contributed by atoms with Crippen LogP contribution in [0, 0.1) is 6.92 Å². The van der Waals surface area contributed by atoms with Crippen LogP contribution in [0.5, 0.6) is 0 Å². The molecule has 0 spiro atoms. The smallest absolute Gasteiger partial charge is 0.289 e. The van der Waals surface area contributed by atoms with Crippen LogP contribution in [-0.2, 0) is 4.79 Å². The number of amides is 2. The number of anilines is 1. The molecule has 0 unspecified atom stereocenters. The molecule has 0 bridgehead atoms. The van der Waals surface area contributed by atoms with Crippen LogP contribution in [0.1, 0.15) is 16.3 Å². The Kier molecular flexibility index (Phi) is 5.11. The third kappa shape index (κ3) is 3.81. The van der Waals surface area contributed by atoms with Crippen molar-refractivity contribution in [1.29, 1.82) is 0 Å². The molecular weight excluding hydrogens is 327 g/mol. The van der Waals surface area contributed by atoms with Gasteiger partial charge in [0.25, 0.3) is 5.91 Å². The Morgan fingerprint density at radius 1 is 1.18 bits per heavy atom. The lowest BCUT2D eigenvalue weighted by molar-refractivity contribution is -0.116. The fourth-order valence-electron chi connectivity index (χ4n) is 1.82. The van der Waals surface area contributed by atoms with E-state index in [1.807, 2.05) is 0 Å². The SMILES string of the molecule is Cc1ccc(C(=O)N(C)CC(=O)Nc2c(Cl)cccc2Cl)o1. The number of halogens is 2. The second-order valence-corrected chi connectivity index (χ2v) is 5.53. The van der Waals surface area contributed by atoms with Crippen molar-refractivity contribution in [3.8, 4) is 0 Å². The Labute approximate surface area is 137 Å². The summed E-state index contributed by atoms with van der Waals surface area (Å²) >= 11 is 12.0. The van der Waals surface area contributed by atoms with Crippen LogP contribution in [0.3, 0.4) is 0 Å². The Bertz CT molecular complexity index is 692. The first-order chi connectivity index (χ1) is 10.4. The Morgan fingerprint density at radius 2 is 1.82 bits per heavy atom. The Hall–Kier alpha value is -1.98. The number of nitrogens with one attached hydrogen (secondary N) is 1. The van der Waals surface area contributed by atoms with E-state index in [0.29, 0.717) is 21.5 Å². The molecule has 0 aliphatic heterocycles. The molecule has 0 fully saturated rings. The van der Waals surface area contributed by atoms with Crippen LogP contribution < -0.4 is 5.32 Å². The van der Waals surface area contributed by atoms with E-state index in [4.69, 9.17) is 27.6 Å². The van der Waals surface area contributed by atoms with Gasteiger partial charge in [-0.3, -0.25) is 9.59 Å². The third-order valence-electron chi connectivity index (χ3n) is 2.91. The molecule has 0 saturated heterocycles. The maximum Gasteiger partial charge on any atom is 0.289 e. The number of rotatable bonds is 4. The summed E-state index contributed by atoms with van der Waals surface area (Å²) < 4.78 is 5.24. The highest BCUT2D eigenvalue weighted by molar-refractivity contribution is 6.39. The highest BCUT2D eigenvalue weighted by atomic mass is 35.5. The number of aryl methyl sites for hydroxylation is 1. The summed E-state index contributed by atoms with van der Waals surface area (Å²) in [7, 11) is 1.51. The first-order valence-corrected chi connectivity index (χ1v) is 7.20. The van der Waals surface area contributed by atoms with Gasteiger partial charge in [-0.1, -0.05) is 29.3 Å². The van der Waals surface area contributed by atoms with Crippen molar-refractivity contribution in [3.05, 3.63) is 51.9 Å². The first kappa shape index (κ1) is 16.4. The van der Waals surface area contributed by atoms with Gasteiger partial charge in [-0.2, -0.15) is 0 Å². The van der Waals surface area contributed by atoms with E-state index in [-0.39, 0.29) is 18.2 Å². The number of carbonyl (C=O) groups excluding carboxylic acids is 2. The quantitative estimate of drug-likeness (QED) is 0.924. The molecule has 7 heteroatoms. The summed E-state index contributed by atoms with van der Waals surface area (Å²) in [5, 5.41) is 3.25. The van der Waals surface area contributed by atoms with Crippen LogP contribution in [-0.4, -0.2) is 30.3 Å². The molecule has 0 aliphatic carbocycles. The monoisotopic (exact) mass is 340 g/mol. The average Bonchev–Trinajstić information content (AvgIpc) is 2.88. The van der Waals surface area contributed by atoms with E-state index in [2.05, 4.69) is 5.32 Å². The normalized spacial score (nSPS) is 10.4. The molecule has 1 N–H and O–H groups in total. The topological polar surface area (TPSA) is 62.6 Å². The number of carbonyl (C=O) groups is 2. The largest absolute Gasteiger partial charge is 0.456 e. The summed E-state index contributed by atoms with van der Waals surface area (Å²) in [5.41, 5.74) is 0.325. The third-order valence-corrected chi connectivity index (χ3v) is 3.54. The summed E-state index contributed by atoms with van der Waals surface area (Å²) in [6.45, 7) is 1.59. The number of hydrogen-bond acceptors (Lipinski definition) is 3. The molecule has 0 atom stereocenters. The maximum absolute atomic E-state index is 12.1. The van der Waals surface area contributed by atoms with Crippen molar-refractivity contribution >= 4 is 40.7 Å². The summed E-state index contributed by atoms with van der Waals surface area (Å²) in [5.74, 6) is 0.0234. The van der Waals surface area contributed by atoms with Gasteiger partial charge in [0, 0.05) is 7.05 Å². The van der Waals surface area contributed by atoms with Gasteiger partial charge in [-0.15, -0.1) is 0 Å². The van der Waals surface area contributed by atoms with Crippen molar-refractivity contribution in [2.24, 2.45) is 0 Å². The second-order valence-electron chi connectivity index (χ2n) is 4.72. The lowest BCUT2D eigenvalue weighted by Crippen LogP contribution is -2.34. The van der Waals surface area contributed by atoms with Gasteiger partial charge in [0.15, 0.2) is 5.76 Å². The van der Waals surface area contributed by atoms with E-state index >= 15 is 0 Å². The van der Waals surface area contributed by atoms with Gasteiger partial charge in [0.05, 0.1) is 22.3 Å². The van der Waals surface area contributed by atoms with E-state index in [1.54, 1.807) is 37.3 Å². The second kappa shape index (κ2) is 6.85. The number of furan rings is 1. The number of para-hydroxylation sites is 1. The van der Waals surface area contributed by atoms with Crippen molar-refractivity contribution in [2.75, 3.05) is 18.9 Å². The Morgan fingerprint density at radius 3 is 2.36 bits per heavy atom. The molecule has 22 heavy (non-hydrogen) atoms. The lowest BCUT2D eigenvalue weighted by atomic mass is 10.3. The minimum atomic E-state index is -0.408. The molecule has 0 radical (unpaired) electrons. The van der Waals surface area contributed by atoms with Gasteiger partial charge < -0.3 is 14.6 Å². The molecule has 0 aliphatic rings. The van der Waals surface area contributed by atoms with Crippen LogP contribution >= 0.6 is 23.2 Å². The van der Waals surface area contributed by atoms with Gasteiger partial charge in [0.2, 0.25) is 5.91 Å². The molecule has 1 aromatic carbocycles. The van der Waals surface area contributed by atoms with E-state index in [1.165, 1.54) is 11.9 Å². The standard InChI is InChI=1S/C15H14Cl2N2O3/c1-9-6-7-12(22-9)15(21)19(2)8-13(20)18-14-10(16)4-3-5-11(14)17/h3-7H,8H2,1-2H3,(H,18,20). The van der Waals surface area contributed by atoms with Crippen LogP contribution in [0.15, 0.2) is 34.7 Å². The van der Waals surface area contributed by atoms with Crippen molar-refractivity contribution in [3.63, 3.8) is 0 Å². The number of hydrogen-bond donors (Lipinski definition) is 1. The zero-order valence-electron chi connectivity index (χ0n) is 12.0. The fourth-order valence-corrected chi connectivity index (χ4v) is 2.31. The lowest BCUT2D eigenvalue weighted by Gasteiger charge is -2.16. The van der Waals surface area contributed by atoms with Crippen LogP contribution in [0.2, 0.25) is 10.0 Å². The van der Waals surface area contributed by atoms with Crippen LogP contribution in [0.25, 0.3) is 0 Å². The van der Waals surface area contributed by atoms with Crippen molar-refractivity contribution < 1.29 is 14.0 Å². The fraction of sp³-hybridized carbons (Fsp3) is 0.200. The highest BCUT2D eigenvalue weighted by Gasteiger charge is 2.19. The summed E-state index contributed by atoms with van der Waals surface area (Å²) in [4.78, 5) is 25.3. The predicted molar refractivity (Wildman–Crippen MR) is 85.5 cm³/mol. The maximum atomic E-state index is 12.1. The number of likely N-dealkylation sites (N-methyl/N-ethyl adjacent to an activating group) is 1. The predicted octanol–water partition coefficient (Wildman–Crippen LogP) is 3.61. The molecule has 2 aromatic rings. The zero-order valence-corrected chi connectivity index (χ0v) is 13.5. The number of benzene rings is 1. The minimum absolute atomic E-state index is 0.153. The van der Waals surface area contributed by atoms with Crippen LogP contribution in [0.4, 0.5) is 5.69 Å².